The molecule has 7 nitrogen and oxygen atoms in total. The number of hydrogen-bond donors (Lipinski definition) is 2. The molecule has 1 saturated heterocycles. The maximum atomic E-state index is 12.4. The van der Waals surface area contributed by atoms with Gasteiger partial charge in [-0.05, 0) is 31.7 Å². The molecular formula is C17H31N3O4. The molecule has 0 bridgehead atoms. The van der Waals surface area contributed by atoms with Crippen molar-refractivity contribution < 1.29 is 19.4 Å². The number of nitrogens with one attached hydrogen (secondary N) is 1. The number of carbonyl (C=O) groups is 2. The van der Waals surface area contributed by atoms with Crippen LogP contribution in [0, 0.1) is 11.8 Å². The predicted molar refractivity (Wildman–Crippen MR) is 91.0 cm³/mol. The molecule has 2 amide bonds. The van der Waals surface area contributed by atoms with Gasteiger partial charge in [0.25, 0.3) is 0 Å². The van der Waals surface area contributed by atoms with E-state index in [-0.39, 0.29) is 18.7 Å². The van der Waals surface area contributed by atoms with E-state index in [0.29, 0.717) is 32.2 Å². The van der Waals surface area contributed by atoms with Crippen molar-refractivity contribution >= 4 is 12.0 Å². The van der Waals surface area contributed by atoms with Gasteiger partial charge in [-0.25, -0.2) is 4.79 Å². The summed E-state index contributed by atoms with van der Waals surface area (Å²) in [6, 6.07) is -0.0252. The van der Waals surface area contributed by atoms with E-state index < -0.39 is 5.97 Å². The molecule has 0 aromatic carbocycles. The molecule has 0 radical (unpaired) electrons. The fourth-order valence-corrected chi connectivity index (χ4v) is 3.53. The summed E-state index contributed by atoms with van der Waals surface area (Å²) < 4.78 is 5.66. The van der Waals surface area contributed by atoms with Crippen LogP contribution >= 0.6 is 0 Å². The van der Waals surface area contributed by atoms with Gasteiger partial charge in [-0.15, -0.1) is 0 Å². The Kier molecular flexibility index (Phi) is 7.30. The van der Waals surface area contributed by atoms with Gasteiger partial charge in [-0.2, -0.15) is 0 Å². The molecule has 2 fully saturated rings. The molecule has 1 saturated carbocycles. The van der Waals surface area contributed by atoms with Crippen LogP contribution < -0.4 is 5.32 Å². The van der Waals surface area contributed by atoms with Crippen LogP contribution in [0.4, 0.5) is 4.79 Å². The van der Waals surface area contributed by atoms with Gasteiger partial charge in [0.05, 0.1) is 19.3 Å². The van der Waals surface area contributed by atoms with Gasteiger partial charge in [-0.3, -0.25) is 9.69 Å². The number of amides is 2. The number of carboxylic acid groups (broad SMARTS) is 1. The quantitative estimate of drug-likeness (QED) is 0.760. The normalized spacial score (nSPS) is 28.0. The molecule has 2 N–H and O–H groups in total. The molecule has 0 aromatic rings. The number of carbonyl (C=O) groups excluding carboxylic acids is 1. The van der Waals surface area contributed by atoms with Crippen molar-refractivity contribution in [3.63, 3.8) is 0 Å². The monoisotopic (exact) mass is 341 g/mol. The molecular weight excluding hydrogens is 310 g/mol. The van der Waals surface area contributed by atoms with Crippen LogP contribution in [-0.2, 0) is 9.53 Å². The summed E-state index contributed by atoms with van der Waals surface area (Å²) in [6.07, 6.45) is 4.79. The van der Waals surface area contributed by atoms with E-state index in [2.05, 4.69) is 12.2 Å². The molecule has 2 rings (SSSR count). The minimum atomic E-state index is -0.857. The fourth-order valence-electron chi connectivity index (χ4n) is 3.53. The smallest absolute Gasteiger partial charge is 0.317 e. The molecule has 0 spiro atoms. The first-order valence-electron chi connectivity index (χ1n) is 8.98. The zero-order chi connectivity index (χ0) is 17.5. The Labute approximate surface area is 144 Å². The highest BCUT2D eigenvalue weighted by atomic mass is 16.5. The van der Waals surface area contributed by atoms with E-state index in [1.165, 1.54) is 25.7 Å². The third-order valence-electron chi connectivity index (χ3n) is 5.02. The summed E-state index contributed by atoms with van der Waals surface area (Å²) in [6.45, 7) is 5.14. The maximum absolute atomic E-state index is 12.4. The van der Waals surface area contributed by atoms with E-state index in [1.54, 1.807) is 16.8 Å². The average Bonchev–Trinajstić information content (AvgIpc) is 2.53. The number of morpholine rings is 1. The third-order valence-corrected chi connectivity index (χ3v) is 5.02. The standard InChI is InChI=1S/C17H31N3O4/c1-13-3-5-14(6-4-13)9-18-17(23)20-7-8-24-15(11-20)10-19(2)12-16(21)22/h13-15H,3-12H2,1-2H3,(H,18,23)(H,21,22). The summed E-state index contributed by atoms with van der Waals surface area (Å²) >= 11 is 0. The number of aliphatic carboxylic acids is 1. The Bertz CT molecular complexity index is 424. The number of urea groups is 1. The van der Waals surface area contributed by atoms with Gasteiger partial charge in [0, 0.05) is 26.2 Å². The maximum Gasteiger partial charge on any atom is 0.317 e. The molecule has 2 aliphatic rings. The topological polar surface area (TPSA) is 82.1 Å². The van der Waals surface area contributed by atoms with Gasteiger partial charge in [0.1, 0.15) is 0 Å². The summed E-state index contributed by atoms with van der Waals surface area (Å²) in [4.78, 5) is 26.6. The van der Waals surface area contributed by atoms with Crippen LogP contribution in [0.25, 0.3) is 0 Å². The lowest BCUT2D eigenvalue weighted by molar-refractivity contribution is -0.138. The van der Waals surface area contributed by atoms with Crippen LogP contribution in [-0.4, -0.2) is 79.4 Å². The Balaban J connectivity index is 1.70. The first-order chi connectivity index (χ1) is 11.4. The number of hydrogen-bond acceptors (Lipinski definition) is 4. The fraction of sp³-hybridized carbons (Fsp3) is 0.882. The van der Waals surface area contributed by atoms with Crippen molar-refractivity contribution in [1.29, 1.82) is 0 Å². The highest BCUT2D eigenvalue weighted by Crippen LogP contribution is 2.27. The number of carboxylic acids is 1. The number of likely N-dealkylation sites (N-methyl/N-ethyl adjacent to an activating group) is 1. The zero-order valence-corrected chi connectivity index (χ0v) is 14.9. The van der Waals surface area contributed by atoms with Crippen molar-refractivity contribution in [2.75, 3.05) is 46.4 Å². The molecule has 1 aliphatic carbocycles. The molecule has 24 heavy (non-hydrogen) atoms. The highest BCUT2D eigenvalue weighted by molar-refractivity contribution is 5.74. The Morgan fingerprint density at radius 3 is 2.67 bits per heavy atom. The van der Waals surface area contributed by atoms with Crippen molar-refractivity contribution in [3.05, 3.63) is 0 Å². The van der Waals surface area contributed by atoms with Crippen molar-refractivity contribution in [3.8, 4) is 0 Å². The first-order valence-corrected chi connectivity index (χ1v) is 8.98. The molecule has 1 atom stereocenters. The molecule has 1 aliphatic heterocycles. The van der Waals surface area contributed by atoms with E-state index in [9.17, 15) is 9.59 Å². The van der Waals surface area contributed by atoms with Crippen LogP contribution in [0.2, 0.25) is 0 Å². The lowest BCUT2D eigenvalue weighted by atomic mass is 9.83. The minimum Gasteiger partial charge on any atom is -0.480 e. The second-order valence-electron chi connectivity index (χ2n) is 7.34. The van der Waals surface area contributed by atoms with Gasteiger partial charge in [0.15, 0.2) is 0 Å². The molecule has 1 heterocycles. The summed E-state index contributed by atoms with van der Waals surface area (Å²) in [7, 11) is 1.75. The predicted octanol–water partition coefficient (Wildman–Crippen LogP) is 1.24. The van der Waals surface area contributed by atoms with Gasteiger partial charge < -0.3 is 20.1 Å². The lowest BCUT2D eigenvalue weighted by Gasteiger charge is -2.35. The Morgan fingerprint density at radius 2 is 2.00 bits per heavy atom. The highest BCUT2D eigenvalue weighted by Gasteiger charge is 2.26. The number of nitrogens with zero attached hydrogens (tertiary/aromatic N) is 2. The Hall–Kier alpha value is -1.34. The lowest BCUT2D eigenvalue weighted by Crippen LogP contribution is -2.53. The summed E-state index contributed by atoms with van der Waals surface area (Å²) in [5.41, 5.74) is 0. The van der Waals surface area contributed by atoms with E-state index in [1.807, 2.05) is 0 Å². The van der Waals surface area contributed by atoms with Crippen molar-refractivity contribution in [1.82, 2.24) is 15.1 Å². The third kappa shape index (κ3) is 6.28. The SMILES string of the molecule is CC1CCC(CNC(=O)N2CCOC(CN(C)CC(=O)O)C2)CC1. The minimum absolute atomic E-state index is 0.0217. The van der Waals surface area contributed by atoms with Gasteiger partial charge >= 0.3 is 12.0 Å². The van der Waals surface area contributed by atoms with Crippen molar-refractivity contribution in [2.45, 2.75) is 38.7 Å². The zero-order valence-electron chi connectivity index (χ0n) is 14.9. The number of rotatable bonds is 6. The number of ether oxygens (including phenoxy) is 1. The second-order valence-corrected chi connectivity index (χ2v) is 7.34. The molecule has 7 heteroatoms. The van der Waals surface area contributed by atoms with E-state index in [0.717, 1.165) is 12.5 Å². The first kappa shape index (κ1) is 19.0. The van der Waals surface area contributed by atoms with E-state index >= 15 is 0 Å². The van der Waals surface area contributed by atoms with Crippen molar-refractivity contribution in [2.24, 2.45) is 11.8 Å². The van der Waals surface area contributed by atoms with Crippen LogP contribution in [0.15, 0.2) is 0 Å². The largest absolute Gasteiger partial charge is 0.480 e. The van der Waals surface area contributed by atoms with Gasteiger partial charge in [0.2, 0.25) is 0 Å². The Morgan fingerprint density at radius 1 is 1.29 bits per heavy atom. The van der Waals surface area contributed by atoms with Crippen LogP contribution in [0.1, 0.15) is 32.6 Å². The summed E-state index contributed by atoms with van der Waals surface area (Å²) in [5.74, 6) is 0.563. The van der Waals surface area contributed by atoms with Crippen LogP contribution in [0.5, 0.6) is 0 Å². The van der Waals surface area contributed by atoms with E-state index in [4.69, 9.17) is 9.84 Å². The summed E-state index contributed by atoms with van der Waals surface area (Å²) in [5, 5.41) is 11.9. The average molecular weight is 341 g/mol. The molecule has 1 unspecified atom stereocenters. The van der Waals surface area contributed by atoms with Gasteiger partial charge in [-0.1, -0.05) is 19.8 Å². The molecule has 138 valence electrons. The second kappa shape index (κ2) is 9.22. The van der Waals surface area contributed by atoms with Crippen LogP contribution in [0.3, 0.4) is 0 Å². The molecule has 0 aromatic heterocycles.